The fraction of sp³-hybridized carbons (Fsp3) is 0.857. The standard InChI is InChI=1S/C7H11BrO2/c8-6-4-2-1-3-5(6)7(9)10/h5-6H,1-4H2,(H,9,10)/t5-,6+/m1/s1. The summed E-state index contributed by atoms with van der Waals surface area (Å²) in [7, 11) is 0. The predicted molar refractivity (Wildman–Crippen MR) is 42.3 cm³/mol. The molecule has 10 heavy (non-hydrogen) atoms. The largest absolute Gasteiger partial charge is 0.481 e. The first-order valence-corrected chi connectivity index (χ1v) is 4.50. The molecule has 0 heterocycles. The van der Waals surface area contributed by atoms with Crippen LogP contribution in [0.25, 0.3) is 0 Å². The van der Waals surface area contributed by atoms with Gasteiger partial charge in [-0.15, -0.1) is 0 Å². The molecule has 2 nitrogen and oxygen atoms in total. The Morgan fingerprint density at radius 2 is 2.00 bits per heavy atom. The minimum atomic E-state index is -0.651. The quantitative estimate of drug-likeness (QED) is 0.668. The van der Waals surface area contributed by atoms with Gasteiger partial charge in [0.15, 0.2) is 0 Å². The van der Waals surface area contributed by atoms with Crippen molar-refractivity contribution in [2.75, 3.05) is 0 Å². The van der Waals surface area contributed by atoms with E-state index >= 15 is 0 Å². The molecule has 0 spiro atoms. The minimum Gasteiger partial charge on any atom is -0.481 e. The number of alkyl halides is 1. The van der Waals surface area contributed by atoms with Crippen LogP contribution in [0.1, 0.15) is 25.7 Å². The van der Waals surface area contributed by atoms with Gasteiger partial charge in [0, 0.05) is 4.83 Å². The number of carboxylic acids is 1. The van der Waals surface area contributed by atoms with Crippen molar-refractivity contribution in [1.29, 1.82) is 0 Å². The summed E-state index contributed by atoms with van der Waals surface area (Å²) in [4.78, 5) is 10.7. The van der Waals surface area contributed by atoms with Crippen molar-refractivity contribution < 1.29 is 9.90 Å². The van der Waals surface area contributed by atoms with Crippen LogP contribution in [-0.2, 0) is 4.79 Å². The van der Waals surface area contributed by atoms with Gasteiger partial charge in [0.25, 0.3) is 0 Å². The van der Waals surface area contributed by atoms with Crippen molar-refractivity contribution in [3.05, 3.63) is 0 Å². The van der Waals surface area contributed by atoms with Gasteiger partial charge in [-0.2, -0.15) is 0 Å². The van der Waals surface area contributed by atoms with Gasteiger partial charge in [-0.3, -0.25) is 4.79 Å². The summed E-state index contributed by atoms with van der Waals surface area (Å²) >= 11 is 3.37. The maximum atomic E-state index is 10.5. The Morgan fingerprint density at radius 3 is 2.40 bits per heavy atom. The lowest BCUT2D eigenvalue weighted by Gasteiger charge is -2.23. The third-order valence-electron chi connectivity index (χ3n) is 2.00. The van der Waals surface area contributed by atoms with Gasteiger partial charge in [-0.25, -0.2) is 0 Å². The Morgan fingerprint density at radius 1 is 1.40 bits per heavy atom. The second-order valence-electron chi connectivity index (χ2n) is 2.75. The molecular weight excluding hydrogens is 196 g/mol. The van der Waals surface area contributed by atoms with Gasteiger partial charge < -0.3 is 5.11 Å². The number of rotatable bonds is 1. The zero-order chi connectivity index (χ0) is 7.56. The molecular formula is C7H11BrO2. The SMILES string of the molecule is O=C(O)[C@@H]1CCCC[C@@H]1Br. The highest BCUT2D eigenvalue weighted by molar-refractivity contribution is 9.09. The Balaban J connectivity index is 2.47. The molecule has 3 heteroatoms. The molecule has 1 fully saturated rings. The van der Waals surface area contributed by atoms with Crippen LogP contribution in [0, 0.1) is 5.92 Å². The van der Waals surface area contributed by atoms with E-state index in [9.17, 15) is 4.79 Å². The Hall–Kier alpha value is -0.0500. The lowest BCUT2D eigenvalue weighted by molar-refractivity contribution is -0.142. The van der Waals surface area contributed by atoms with E-state index in [1.54, 1.807) is 0 Å². The van der Waals surface area contributed by atoms with E-state index in [1.165, 1.54) is 6.42 Å². The Kier molecular flexibility index (Phi) is 2.72. The average molecular weight is 207 g/mol. The van der Waals surface area contributed by atoms with Gasteiger partial charge in [-0.05, 0) is 12.8 Å². The van der Waals surface area contributed by atoms with Crippen LogP contribution in [0.15, 0.2) is 0 Å². The smallest absolute Gasteiger partial charge is 0.307 e. The summed E-state index contributed by atoms with van der Waals surface area (Å²) in [6, 6.07) is 0. The number of hydrogen-bond donors (Lipinski definition) is 1. The van der Waals surface area contributed by atoms with Crippen molar-refractivity contribution in [3.63, 3.8) is 0 Å². The van der Waals surface area contributed by atoms with E-state index < -0.39 is 5.97 Å². The molecule has 1 aliphatic carbocycles. The fourth-order valence-corrected chi connectivity index (χ4v) is 2.18. The zero-order valence-corrected chi connectivity index (χ0v) is 7.30. The summed E-state index contributed by atoms with van der Waals surface area (Å²) < 4.78 is 0. The molecule has 2 atom stereocenters. The summed E-state index contributed by atoms with van der Waals surface area (Å²) in [5.74, 6) is -0.796. The van der Waals surface area contributed by atoms with E-state index in [1.807, 2.05) is 0 Å². The van der Waals surface area contributed by atoms with Crippen molar-refractivity contribution in [2.45, 2.75) is 30.5 Å². The first-order chi connectivity index (χ1) is 4.72. The molecule has 0 unspecified atom stereocenters. The molecule has 1 N–H and O–H groups in total. The molecule has 1 rings (SSSR count). The van der Waals surface area contributed by atoms with Gasteiger partial charge >= 0.3 is 5.97 Å². The normalized spacial score (nSPS) is 33.7. The Bertz CT molecular complexity index is 136. The number of aliphatic carboxylic acids is 1. The molecule has 0 radical (unpaired) electrons. The maximum Gasteiger partial charge on any atom is 0.307 e. The molecule has 0 saturated heterocycles. The number of carbonyl (C=O) groups is 1. The average Bonchev–Trinajstić information content (AvgIpc) is 1.88. The van der Waals surface area contributed by atoms with Crippen LogP contribution in [-0.4, -0.2) is 15.9 Å². The highest BCUT2D eigenvalue weighted by atomic mass is 79.9. The minimum absolute atomic E-state index is 0.145. The maximum absolute atomic E-state index is 10.5. The molecule has 1 aliphatic rings. The first-order valence-electron chi connectivity index (χ1n) is 3.58. The van der Waals surface area contributed by atoms with Crippen LogP contribution < -0.4 is 0 Å². The molecule has 0 aromatic rings. The van der Waals surface area contributed by atoms with Crippen LogP contribution in [0.3, 0.4) is 0 Å². The predicted octanol–water partition coefficient (Wildman–Crippen LogP) is 2.02. The van der Waals surface area contributed by atoms with Crippen molar-refractivity contribution in [2.24, 2.45) is 5.92 Å². The van der Waals surface area contributed by atoms with Gasteiger partial charge in [0.05, 0.1) is 5.92 Å². The van der Waals surface area contributed by atoms with E-state index in [0.717, 1.165) is 19.3 Å². The number of halogens is 1. The van der Waals surface area contributed by atoms with Crippen LogP contribution in [0.2, 0.25) is 0 Å². The zero-order valence-electron chi connectivity index (χ0n) is 5.72. The van der Waals surface area contributed by atoms with E-state index in [0.29, 0.717) is 0 Å². The molecule has 0 amide bonds. The third-order valence-corrected chi connectivity index (χ3v) is 3.09. The van der Waals surface area contributed by atoms with E-state index in [2.05, 4.69) is 15.9 Å². The summed E-state index contributed by atoms with van der Waals surface area (Å²) in [6.07, 6.45) is 4.08. The molecule has 0 bridgehead atoms. The van der Waals surface area contributed by atoms with Crippen LogP contribution in [0.5, 0.6) is 0 Å². The second-order valence-corrected chi connectivity index (χ2v) is 3.92. The topological polar surface area (TPSA) is 37.3 Å². The van der Waals surface area contributed by atoms with Crippen molar-refractivity contribution in [3.8, 4) is 0 Å². The lowest BCUT2D eigenvalue weighted by atomic mass is 9.89. The lowest BCUT2D eigenvalue weighted by Crippen LogP contribution is -2.26. The van der Waals surface area contributed by atoms with Crippen LogP contribution >= 0.6 is 15.9 Å². The summed E-state index contributed by atoms with van der Waals surface area (Å²) in [6.45, 7) is 0. The van der Waals surface area contributed by atoms with Gasteiger partial charge in [0.2, 0.25) is 0 Å². The number of carboxylic acid groups (broad SMARTS) is 1. The van der Waals surface area contributed by atoms with Gasteiger partial charge in [0.1, 0.15) is 0 Å². The second kappa shape index (κ2) is 3.37. The molecule has 0 aromatic carbocycles. The fourth-order valence-electron chi connectivity index (χ4n) is 1.36. The number of hydrogen-bond acceptors (Lipinski definition) is 1. The molecule has 0 aliphatic heterocycles. The first kappa shape index (κ1) is 8.05. The van der Waals surface area contributed by atoms with Gasteiger partial charge in [-0.1, -0.05) is 28.8 Å². The summed E-state index contributed by atoms with van der Waals surface area (Å²) in [5.41, 5.74) is 0. The highest BCUT2D eigenvalue weighted by Gasteiger charge is 2.28. The molecule has 0 aromatic heterocycles. The molecule has 58 valence electrons. The summed E-state index contributed by atoms with van der Waals surface area (Å²) in [5, 5.41) is 8.68. The van der Waals surface area contributed by atoms with Crippen molar-refractivity contribution >= 4 is 21.9 Å². The Labute approximate surface area is 68.7 Å². The highest BCUT2D eigenvalue weighted by Crippen LogP contribution is 2.29. The van der Waals surface area contributed by atoms with Crippen molar-refractivity contribution in [1.82, 2.24) is 0 Å². The monoisotopic (exact) mass is 206 g/mol. The molecule has 1 saturated carbocycles. The van der Waals surface area contributed by atoms with E-state index in [4.69, 9.17) is 5.11 Å². The third kappa shape index (κ3) is 1.72. The van der Waals surface area contributed by atoms with Crippen LogP contribution in [0.4, 0.5) is 0 Å². The van der Waals surface area contributed by atoms with E-state index in [-0.39, 0.29) is 10.7 Å².